The first-order chi connectivity index (χ1) is 28.7. The highest BCUT2D eigenvalue weighted by molar-refractivity contribution is 7.00. The van der Waals surface area contributed by atoms with Crippen molar-refractivity contribution >= 4 is 79.2 Å². The first kappa shape index (κ1) is 38.7. The van der Waals surface area contributed by atoms with E-state index in [1.165, 1.54) is 95.3 Å². The Morgan fingerprint density at radius 3 is 1.70 bits per heavy atom. The van der Waals surface area contributed by atoms with Crippen LogP contribution in [0.5, 0.6) is 0 Å². The maximum absolute atomic E-state index is 7.56. The lowest BCUT2D eigenvalue weighted by atomic mass is 9.35. The fraction of sp³-hybridized carbons (Fsp3) is 0.368. The van der Waals surface area contributed by atoms with Gasteiger partial charge in [0.25, 0.3) is 6.71 Å². The van der Waals surface area contributed by atoms with E-state index in [1.807, 2.05) is 0 Å². The van der Waals surface area contributed by atoms with E-state index < -0.39 is 0 Å². The van der Waals surface area contributed by atoms with Gasteiger partial charge in [0.05, 0.1) is 11.3 Å². The molecule has 0 N–H and O–H groups in total. The van der Waals surface area contributed by atoms with Gasteiger partial charge in [-0.15, -0.1) is 0 Å². The van der Waals surface area contributed by atoms with Crippen molar-refractivity contribution in [1.29, 1.82) is 0 Å². The molecular weight excluding hydrogens is 739 g/mol. The molecule has 6 aromatic carbocycles. The fourth-order valence-electron chi connectivity index (χ4n) is 11.7. The Morgan fingerprint density at radius 1 is 0.541 bits per heavy atom. The molecule has 4 aliphatic rings. The Hall–Kier alpha value is -5.22. The van der Waals surface area contributed by atoms with Crippen molar-refractivity contribution in [1.82, 2.24) is 0 Å². The smallest absolute Gasteiger partial charge is 0.297 e. The summed E-state index contributed by atoms with van der Waals surface area (Å²) in [6.45, 7) is 28.7. The van der Waals surface area contributed by atoms with Crippen LogP contribution < -0.4 is 26.4 Å². The number of anilines is 6. The predicted octanol–water partition coefficient (Wildman–Crippen LogP) is 14.0. The summed E-state index contributed by atoms with van der Waals surface area (Å²) < 4.78 is 7.56. The van der Waals surface area contributed by atoms with Crippen LogP contribution in [0.1, 0.15) is 135 Å². The van der Waals surface area contributed by atoms with Crippen molar-refractivity contribution in [2.75, 3.05) is 9.80 Å². The normalized spacial score (nSPS) is 19.0. The maximum atomic E-state index is 7.56. The molecule has 0 fully saturated rings. The van der Waals surface area contributed by atoms with E-state index in [4.69, 9.17) is 4.42 Å². The number of hydrogen-bond donors (Lipinski definition) is 0. The highest BCUT2D eigenvalue weighted by Gasteiger charge is 2.49. The molecule has 308 valence electrons. The number of hydrogen-bond acceptors (Lipinski definition) is 3. The quantitative estimate of drug-likeness (QED) is 0.162. The molecule has 1 aromatic heterocycles. The molecule has 0 unspecified atom stereocenters. The van der Waals surface area contributed by atoms with Crippen LogP contribution in [0.25, 0.3) is 21.7 Å². The summed E-state index contributed by atoms with van der Waals surface area (Å²) in [6.07, 6.45) is 4.66. The SMILES string of the molecule is Cc1cc2c3c(c1)N(c1ccc4ccccc4c1)c1c(oc4cc5c(cc14)C(C)(C)CCC5(C)C)B3c1cc3c(cc1N2c1ccc(C(C)(C)C)cc1)C(C)(C)CCC3(C)C. The predicted molar refractivity (Wildman–Crippen MR) is 262 cm³/mol. The average Bonchev–Trinajstić information content (AvgIpc) is 3.58. The highest BCUT2D eigenvalue weighted by atomic mass is 16.3. The minimum absolute atomic E-state index is 0.0498. The second kappa shape index (κ2) is 12.5. The van der Waals surface area contributed by atoms with Crippen LogP contribution in [-0.4, -0.2) is 6.71 Å². The van der Waals surface area contributed by atoms with E-state index in [2.05, 4.69) is 196 Å². The largest absolute Gasteiger partial charge is 0.468 e. The van der Waals surface area contributed by atoms with Crippen LogP contribution in [0, 0.1) is 6.92 Å². The van der Waals surface area contributed by atoms with Crippen molar-refractivity contribution in [3.63, 3.8) is 0 Å². The van der Waals surface area contributed by atoms with Crippen LogP contribution in [0.15, 0.2) is 108 Å². The lowest BCUT2D eigenvalue weighted by molar-refractivity contribution is 0.332. The first-order valence-corrected chi connectivity index (χ1v) is 22.9. The lowest BCUT2D eigenvalue weighted by Gasteiger charge is -2.46. The highest BCUT2D eigenvalue weighted by Crippen LogP contribution is 2.53. The molecule has 2 aliphatic heterocycles. The molecule has 0 bridgehead atoms. The van der Waals surface area contributed by atoms with Crippen molar-refractivity contribution in [3.8, 4) is 0 Å². The number of fused-ring (bicyclic) bond motifs is 9. The average molecular weight is 801 g/mol. The van der Waals surface area contributed by atoms with Gasteiger partial charge >= 0.3 is 0 Å². The standard InChI is InChI=1S/C57H61BN2O/c1-34-27-47-50-48(28-34)60(39-20-17-35-15-13-14-16-36(35)29-39)51-40-30-41-44(57(11,12)26-23-54(41,5)6)33-49(40)61-52(51)58(50)45-31-42-43(56(9,10)25-24-55(42,7)8)32-46(45)59(47)38-21-18-37(19-22-38)53(2,3)4/h13-22,27-33H,23-26H2,1-12H3. The molecule has 61 heavy (non-hydrogen) atoms. The van der Waals surface area contributed by atoms with Gasteiger partial charge in [0.1, 0.15) is 5.58 Å². The van der Waals surface area contributed by atoms with Crippen molar-refractivity contribution < 1.29 is 4.42 Å². The summed E-state index contributed by atoms with van der Waals surface area (Å²) in [5.74, 6) is 0. The zero-order valence-electron chi connectivity index (χ0n) is 38.5. The molecule has 0 saturated carbocycles. The zero-order chi connectivity index (χ0) is 42.8. The van der Waals surface area contributed by atoms with Gasteiger partial charge in [0.2, 0.25) is 0 Å². The van der Waals surface area contributed by atoms with Gasteiger partial charge in [-0.3, -0.25) is 0 Å². The molecule has 3 nitrogen and oxygen atoms in total. The summed E-state index contributed by atoms with van der Waals surface area (Å²) in [5, 5.41) is 3.69. The van der Waals surface area contributed by atoms with Gasteiger partial charge < -0.3 is 14.2 Å². The summed E-state index contributed by atoms with van der Waals surface area (Å²) in [4.78, 5) is 5.17. The monoisotopic (exact) mass is 800 g/mol. The Morgan fingerprint density at radius 2 is 1.08 bits per heavy atom. The number of benzene rings is 6. The summed E-state index contributed by atoms with van der Waals surface area (Å²) in [7, 11) is 0. The molecule has 2 aliphatic carbocycles. The molecule has 0 radical (unpaired) electrons. The van der Waals surface area contributed by atoms with E-state index in [0.717, 1.165) is 36.2 Å². The van der Waals surface area contributed by atoms with E-state index in [-0.39, 0.29) is 33.8 Å². The maximum Gasteiger partial charge on any atom is 0.297 e. The van der Waals surface area contributed by atoms with Crippen molar-refractivity contribution in [2.24, 2.45) is 0 Å². The van der Waals surface area contributed by atoms with Gasteiger partial charge in [-0.25, -0.2) is 0 Å². The topological polar surface area (TPSA) is 19.6 Å². The van der Waals surface area contributed by atoms with Gasteiger partial charge in [-0.1, -0.05) is 125 Å². The number of aryl methyl sites for hydroxylation is 1. The lowest BCUT2D eigenvalue weighted by Crippen LogP contribution is -2.61. The molecule has 11 rings (SSSR count). The number of furan rings is 1. The van der Waals surface area contributed by atoms with Crippen molar-refractivity contribution in [3.05, 3.63) is 137 Å². The zero-order valence-corrected chi connectivity index (χ0v) is 38.5. The van der Waals surface area contributed by atoms with Gasteiger partial charge in [-0.05, 0) is 169 Å². The summed E-state index contributed by atoms with van der Waals surface area (Å²) >= 11 is 0. The molecule has 0 saturated heterocycles. The first-order valence-electron chi connectivity index (χ1n) is 22.9. The molecule has 0 atom stereocenters. The molecule has 0 amide bonds. The summed E-state index contributed by atoms with van der Waals surface area (Å²) in [5.41, 5.74) is 20.7. The van der Waals surface area contributed by atoms with Crippen LogP contribution in [0.4, 0.5) is 34.1 Å². The van der Waals surface area contributed by atoms with Crippen LogP contribution in [0.3, 0.4) is 0 Å². The van der Waals surface area contributed by atoms with Crippen LogP contribution in [-0.2, 0) is 27.1 Å². The second-order valence-corrected chi connectivity index (χ2v) is 22.9. The molecule has 0 spiro atoms. The van der Waals surface area contributed by atoms with Crippen LogP contribution >= 0.6 is 0 Å². The van der Waals surface area contributed by atoms with Crippen molar-refractivity contribution in [2.45, 2.75) is 136 Å². The third kappa shape index (κ3) is 5.62. The Kier molecular flexibility index (Phi) is 7.90. The molecule has 7 aromatic rings. The number of rotatable bonds is 2. The van der Waals surface area contributed by atoms with Gasteiger partial charge in [0.15, 0.2) is 0 Å². The molecule has 4 heteroatoms. The third-order valence-electron chi connectivity index (χ3n) is 15.7. The summed E-state index contributed by atoms with van der Waals surface area (Å²) in [6, 6.07) is 40.3. The molecule has 3 heterocycles. The Bertz CT molecular complexity index is 2990. The van der Waals surface area contributed by atoms with E-state index >= 15 is 0 Å². The fourth-order valence-corrected chi connectivity index (χ4v) is 11.7. The van der Waals surface area contributed by atoms with Gasteiger partial charge in [-0.2, -0.15) is 0 Å². The van der Waals surface area contributed by atoms with Crippen LogP contribution in [0.2, 0.25) is 0 Å². The Labute approximate surface area is 364 Å². The Balaban J connectivity index is 1.28. The third-order valence-corrected chi connectivity index (χ3v) is 15.7. The number of nitrogens with zero attached hydrogens (tertiary/aromatic N) is 2. The molecular formula is C57H61BN2O. The van der Waals surface area contributed by atoms with E-state index in [9.17, 15) is 0 Å². The minimum Gasteiger partial charge on any atom is -0.468 e. The second-order valence-electron chi connectivity index (χ2n) is 22.9. The van der Waals surface area contributed by atoms with E-state index in [0.29, 0.717) is 0 Å². The van der Waals surface area contributed by atoms with Gasteiger partial charge in [0, 0.05) is 33.8 Å². The minimum atomic E-state index is -0.0889. The van der Waals surface area contributed by atoms with E-state index in [1.54, 1.807) is 0 Å².